The van der Waals surface area contributed by atoms with Crippen molar-refractivity contribution < 1.29 is 0 Å². The molecule has 1 aromatic carbocycles. The molecule has 2 N–H and O–H groups in total. The molecule has 2 heterocycles. The molecule has 0 fully saturated rings. The predicted molar refractivity (Wildman–Crippen MR) is 95.5 cm³/mol. The summed E-state index contributed by atoms with van der Waals surface area (Å²) in [6.45, 7) is 3.94. The van der Waals surface area contributed by atoms with Crippen molar-refractivity contribution in [2.75, 3.05) is 5.73 Å². The van der Waals surface area contributed by atoms with E-state index in [0.717, 1.165) is 32.9 Å². The van der Waals surface area contributed by atoms with Gasteiger partial charge in [-0.1, -0.05) is 24.3 Å². The first-order valence-electron chi connectivity index (χ1n) is 6.93. The van der Waals surface area contributed by atoms with Gasteiger partial charge in [-0.05, 0) is 66.2 Å². The van der Waals surface area contributed by atoms with Crippen molar-refractivity contribution >= 4 is 21.6 Å². The monoisotopic (exact) mass is 355 g/mol. The third-order valence-electron chi connectivity index (χ3n) is 2.93. The Bertz CT molecular complexity index is 696. The van der Waals surface area contributed by atoms with Crippen molar-refractivity contribution in [1.82, 2.24) is 9.97 Å². The number of halogens is 1. The van der Waals surface area contributed by atoms with Crippen molar-refractivity contribution in [3.63, 3.8) is 0 Å². The Morgan fingerprint density at radius 3 is 2.00 bits per heavy atom. The lowest BCUT2D eigenvalue weighted by Gasteiger charge is -2.02. The number of nitrogens with two attached hydrogens (primary N) is 1. The molecule has 22 heavy (non-hydrogen) atoms. The van der Waals surface area contributed by atoms with E-state index in [1.54, 1.807) is 0 Å². The zero-order chi connectivity index (χ0) is 15.9. The number of hydrogen-bond acceptors (Lipinski definition) is 3. The summed E-state index contributed by atoms with van der Waals surface area (Å²) in [7, 11) is 0. The Kier molecular flexibility index (Phi) is 5.67. The molecule has 0 saturated heterocycles. The van der Waals surface area contributed by atoms with E-state index in [0.29, 0.717) is 0 Å². The quantitative estimate of drug-likeness (QED) is 0.504. The van der Waals surface area contributed by atoms with Crippen LogP contribution in [0.1, 0.15) is 11.4 Å². The molecule has 0 spiro atoms. The predicted octanol–water partition coefficient (Wildman–Crippen LogP) is 4.79. The smallest absolute Gasteiger partial charge is 0.106 e. The standard InChI is InChI=1S/C12H12N2.C6H6BrN/c1-9-4-2-7-12(14-9)10-5-3-6-11(13)8-10;1-5-3-2-4-6(7)8-5/h2-8H,13H2,1H3;2-4H,1H3. The maximum absolute atomic E-state index is 5.71. The number of rotatable bonds is 1. The van der Waals surface area contributed by atoms with Crippen LogP contribution < -0.4 is 5.73 Å². The fourth-order valence-corrected chi connectivity index (χ4v) is 2.34. The summed E-state index contributed by atoms with van der Waals surface area (Å²) in [5.41, 5.74) is 10.6. The van der Waals surface area contributed by atoms with Crippen LogP contribution in [-0.2, 0) is 0 Å². The lowest BCUT2D eigenvalue weighted by molar-refractivity contribution is 1.17. The number of pyridine rings is 2. The summed E-state index contributed by atoms with van der Waals surface area (Å²) in [5.74, 6) is 0. The average Bonchev–Trinajstić information content (AvgIpc) is 2.48. The van der Waals surface area contributed by atoms with E-state index < -0.39 is 0 Å². The third-order valence-corrected chi connectivity index (χ3v) is 3.37. The van der Waals surface area contributed by atoms with Crippen LogP contribution in [0.5, 0.6) is 0 Å². The first-order valence-corrected chi connectivity index (χ1v) is 7.72. The zero-order valence-electron chi connectivity index (χ0n) is 12.6. The van der Waals surface area contributed by atoms with Gasteiger partial charge in [0.25, 0.3) is 0 Å². The molecule has 0 aliphatic heterocycles. The van der Waals surface area contributed by atoms with Gasteiger partial charge in [0, 0.05) is 22.6 Å². The van der Waals surface area contributed by atoms with Crippen LogP contribution in [0.15, 0.2) is 65.3 Å². The average molecular weight is 356 g/mol. The van der Waals surface area contributed by atoms with Crippen LogP contribution in [0, 0.1) is 13.8 Å². The molecule has 0 aliphatic rings. The molecule has 3 aromatic rings. The lowest BCUT2D eigenvalue weighted by atomic mass is 10.1. The minimum atomic E-state index is 0.769. The van der Waals surface area contributed by atoms with Crippen molar-refractivity contribution in [1.29, 1.82) is 0 Å². The van der Waals surface area contributed by atoms with E-state index in [9.17, 15) is 0 Å². The highest BCUT2D eigenvalue weighted by molar-refractivity contribution is 9.10. The Balaban J connectivity index is 0.000000188. The number of hydrogen-bond donors (Lipinski definition) is 1. The van der Waals surface area contributed by atoms with E-state index in [1.807, 2.05) is 74.5 Å². The third kappa shape index (κ3) is 4.97. The van der Waals surface area contributed by atoms with Crippen LogP contribution in [0.4, 0.5) is 5.69 Å². The van der Waals surface area contributed by atoms with Gasteiger partial charge in [0.2, 0.25) is 0 Å². The van der Waals surface area contributed by atoms with Crippen LogP contribution in [0.3, 0.4) is 0 Å². The van der Waals surface area contributed by atoms with Gasteiger partial charge in [-0.15, -0.1) is 0 Å². The van der Waals surface area contributed by atoms with Crippen LogP contribution in [-0.4, -0.2) is 9.97 Å². The minimum Gasteiger partial charge on any atom is -0.399 e. The summed E-state index contributed by atoms with van der Waals surface area (Å²) in [5, 5.41) is 0. The van der Waals surface area contributed by atoms with Crippen LogP contribution in [0.2, 0.25) is 0 Å². The molecule has 3 nitrogen and oxygen atoms in total. The highest BCUT2D eigenvalue weighted by Crippen LogP contribution is 2.19. The molecule has 0 bridgehead atoms. The van der Waals surface area contributed by atoms with Gasteiger partial charge in [0.1, 0.15) is 4.60 Å². The number of anilines is 1. The van der Waals surface area contributed by atoms with Crippen LogP contribution >= 0.6 is 15.9 Å². The number of nitrogens with zero attached hydrogens (tertiary/aromatic N) is 2. The molecular formula is C18H18BrN3. The second-order valence-electron chi connectivity index (χ2n) is 4.89. The van der Waals surface area contributed by atoms with Gasteiger partial charge in [0.15, 0.2) is 0 Å². The normalized spacial score (nSPS) is 9.77. The van der Waals surface area contributed by atoms with Crippen molar-refractivity contribution in [2.24, 2.45) is 0 Å². The van der Waals surface area contributed by atoms with Gasteiger partial charge in [-0.25, -0.2) is 4.98 Å². The van der Waals surface area contributed by atoms with Crippen molar-refractivity contribution in [3.8, 4) is 11.3 Å². The molecule has 4 heteroatoms. The summed E-state index contributed by atoms with van der Waals surface area (Å²) in [6.07, 6.45) is 0. The summed E-state index contributed by atoms with van der Waals surface area (Å²) in [4.78, 5) is 8.52. The van der Waals surface area contributed by atoms with Gasteiger partial charge in [-0.3, -0.25) is 4.98 Å². The number of nitrogen functional groups attached to an aromatic ring is 1. The SMILES string of the molecule is Cc1cccc(-c2cccc(N)c2)n1.Cc1cccc(Br)n1. The Morgan fingerprint density at radius 2 is 1.45 bits per heavy atom. The van der Waals surface area contributed by atoms with Crippen molar-refractivity contribution in [3.05, 3.63) is 76.7 Å². The van der Waals surface area contributed by atoms with E-state index in [1.165, 1.54) is 0 Å². The molecule has 0 aliphatic carbocycles. The molecule has 2 aromatic heterocycles. The Morgan fingerprint density at radius 1 is 0.818 bits per heavy atom. The van der Waals surface area contributed by atoms with Gasteiger partial charge in [-0.2, -0.15) is 0 Å². The summed E-state index contributed by atoms with van der Waals surface area (Å²) >= 11 is 3.25. The molecule has 0 atom stereocenters. The van der Waals surface area contributed by atoms with E-state index in [-0.39, 0.29) is 0 Å². The van der Waals surface area contributed by atoms with Gasteiger partial charge < -0.3 is 5.73 Å². The van der Waals surface area contributed by atoms with Gasteiger partial charge >= 0.3 is 0 Å². The molecule has 3 rings (SSSR count). The molecule has 0 radical (unpaired) electrons. The number of aryl methyl sites for hydroxylation is 2. The van der Waals surface area contributed by atoms with Crippen molar-refractivity contribution in [2.45, 2.75) is 13.8 Å². The van der Waals surface area contributed by atoms with Crippen LogP contribution in [0.25, 0.3) is 11.3 Å². The second kappa shape index (κ2) is 7.71. The van der Waals surface area contributed by atoms with E-state index in [4.69, 9.17) is 5.73 Å². The Labute approximate surface area is 139 Å². The maximum atomic E-state index is 5.71. The first-order chi connectivity index (χ1) is 10.5. The largest absolute Gasteiger partial charge is 0.399 e. The topological polar surface area (TPSA) is 51.8 Å². The van der Waals surface area contributed by atoms with Gasteiger partial charge in [0.05, 0.1) is 5.69 Å². The number of benzene rings is 1. The molecule has 0 amide bonds. The Hall–Kier alpha value is -2.20. The highest BCUT2D eigenvalue weighted by atomic mass is 79.9. The highest BCUT2D eigenvalue weighted by Gasteiger charge is 1.98. The second-order valence-corrected chi connectivity index (χ2v) is 5.70. The first kappa shape index (κ1) is 16.2. The molecular weight excluding hydrogens is 338 g/mol. The summed E-state index contributed by atoms with van der Waals surface area (Å²) < 4.78 is 0.900. The van der Waals surface area contributed by atoms with E-state index >= 15 is 0 Å². The fraction of sp³-hybridized carbons (Fsp3) is 0.111. The maximum Gasteiger partial charge on any atom is 0.106 e. The minimum absolute atomic E-state index is 0.769. The van der Waals surface area contributed by atoms with E-state index in [2.05, 4.69) is 25.9 Å². The zero-order valence-corrected chi connectivity index (χ0v) is 14.2. The summed E-state index contributed by atoms with van der Waals surface area (Å²) in [6, 6.07) is 19.6. The molecule has 0 unspecified atom stereocenters. The fourth-order valence-electron chi connectivity index (χ4n) is 1.91. The number of aromatic nitrogens is 2. The molecule has 0 saturated carbocycles. The lowest BCUT2D eigenvalue weighted by Crippen LogP contribution is -1.88. The molecule has 112 valence electrons.